The number of carbonyl (C=O) groups is 2. The van der Waals surface area contributed by atoms with Gasteiger partial charge in [-0.25, -0.2) is 9.59 Å². The fourth-order valence-electron chi connectivity index (χ4n) is 2.80. The number of benzene rings is 1. The Morgan fingerprint density at radius 3 is 2.34 bits per heavy atom. The highest BCUT2D eigenvalue weighted by Crippen LogP contribution is 2.37. The number of alkyl halides is 3. The molecule has 7 nitrogen and oxygen atoms in total. The SMILES string of the molecule is COC(=O)[C@H](Cc1c(C(F)(F)F)[nH]c2ccc(OC)cc12)NC(=O)OC(C)(C)C. The number of esters is 1. The average molecular weight is 416 g/mol. The molecule has 1 aromatic carbocycles. The Labute approximate surface area is 165 Å². The molecule has 2 N–H and O–H groups in total. The Bertz CT molecular complexity index is 900. The van der Waals surface area contributed by atoms with Gasteiger partial charge in [0.15, 0.2) is 0 Å². The first-order valence-corrected chi connectivity index (χ1v) is 8.69. The lowest BCUT2D eigenvalue weighted by Crippen LogP contribution is -2.45. The van der Waals surface area contributed by atoms with Crippen LogP contribution >= 0.6 is 0 Å². The van der Waals surface area contributed by atoms with Crippen molar-refractivity contribution in [3.05, 3.63) is 29.5 Å². The third-order valence-corrected chi connectivity index (χ3v) is 3.98. The Morgan fingerprint density at radius 2 is 1.83 bits per heavy atom. The van der Waals surface area contributed by atoms with Gasteiger partial charge in [-0.3, -0.25) is 0 Å². The van der Waals surface area contributed by atoms with Crippen LogP contribution in [0.1, 0.15) is 32.0 Å². The number of amides is 1. The second-order valence-corrected chi connectivity index (χ2v) is 7.31. The maximum Gasteiger partial charge on any atom is 0.431 e. The minimum absolute atomic E-state index is 0.196. The van der Waals surface area contributed by atoms with Gasteiger partial charge in [-0.2, -0.15) is 13.2 Å². The van der Waals surface area contributed by atoms with Crippen molar-refractivity contribution >= 4 is 23.0 Å². The van der Waals surface area contributed by atoms with Gasteiger partial charge in [-0.1, -0.05) is 0 Å². The molecular formula is C19H23F3N2O5. The molecule has 10 heteroatoms. The number of methoxy groups -OCH3 is 2. The van der Waals surface area contributed by atoms with E-state index in [0.717, 1.165) is 7.11 Å². The molecule has 1 amide bonds. The van der Waals surface area contributed by atoms with Crippen LogP contribution in [0, 0.1) is 0 Å². The van der Waals surface area contributed by atoms with Gasteiger partial charge < -0.3 is 24.5 Å². The van der Waals surface area contributed by atoms with Crippen molar-refractivity contribution in [1.29, 1.82) is 0 Å². The average Bonchev–Trinajstić information content (AvgIpc) is 2.96. The van der Waals surface area contributed by atoms with E-state index in [1.807, 2.05) is 0 Å². The third kappa shape index (κ3) is 5.55. The molecule has 0 bridgehead atoms. The molecule has 0 aliphatic heterocycles. The first kappa shape index (κ1) is 22.4. The predicted molar refractivity (Wildman–Crippen MR) is 98.7 cm³/mol. The van der Waals surface area contributed by atoms with Crippen LogP contribution in [0.2, 0.25) is 0 Å². The van der Waals surface area contributed by atoms with Crippen molar-refractivity contribution in [2.45, 2.75) is 45.0 Å². The van der Waals surface area contributed by atoms with E-state index in [4.69, 9.17) is 9.47 Å². The zero-order valence-electron chi connectivity index (χ0n) is 16.7. The standard InChI is InChI=1S/C19H23F3N2O5/c1-18(2,3)29-17(26)24-14(16(25)28-5)9-12-11-8-10(27-4)6-7-13(11)23-15(12)19(20,21)22/h6-8,14,23H,9H2,1-5H3,(H,24,26)/t14-/m0/s1. The number of rotatable bonds is 5. The van der Waals surface area contributed by atoms with Crippen molar-refractivity contribution < 1.29 is 37.0 Å². The second-order valence-electron chi connectivity index (χ2n) is 7.31. The van der Waals surface area contributed by atoms with Gasteiger partial charge in [0.1, 0.15) is 23.1 Å². The monoisotopic (exact) mass is 416 g/mol. The molecule has 160 valence electrons. The van der Waals surface area contributed by atoms with E-state index < -0.39 is 42.0 Å². The fourth-order valence-corrected chi connectivity index (χ4v) is 2.80. The largest absolute Gasteiger partial charge is 0.497 e. The summed E-state index contributed by atoms with van der Waals surface area (Å²) in [6.45, 7) is 4.86. The van der Waals surface area contributed by atoms with Crippen molar-refractivity contribution in [2.24, 2.45) is 0 Å². The van der Waals surface area contributed by atoms with E-state index in [1.54, 1.807) is 20.8 Å². The predicted octanol–water partition coefficient (Wildman–Crippen LogP) is 3.80. The van der Waals surface area contributed by atoms with Crippen LogP contribution in [0.15, 0.2) is 18.2 Å². The number of carbonyl (C=O) groups excluding carboxylic acids is 2. The van der Waals surface area contributed by atoms with Crippen molar-refractivity contribution in [3.63, 3.8) is 0 Å². The molecule has 1 heterocycles. The van der Waals surface area contributed by atoms with E-state index >= 15 is 0 Å². The second kappa shape index (κ2) is 8.22. The van der Waals surface area contributed by atoms with Crippen molar-refractivity contribution in [1.82, 2.24) is 10.3 Å². The Hall–Kier alpha value is -2.91. The van der Waals surface area contributed by atoms with Crippen LogP contribution in [0.5, 0.6) is 5.75 Å². The lowest BCUT2D eigenvalue weighted by Gasteiger charge is -2.23. The van der Waals surface area contributed by atoms with Gasteiger partial charge >= 0.3 is 18.2 Å². The molecule has 0 unspecified atom stereocenters. The van der Waals surface area contributed by atoms with E-state index in [-0.39, 0.29) is 16.5 Å². The van der Waals surface area contributed by atoms with Crippen LogP contribution in [-0.4, -0.2) is 42.9 Å². The van der Waals surface area contributed by atoms with Crippen LogP contribution in [0.3, 0.4) is 0 Å². The zero-order valence-corrected chi connectivity index (χ0v) is 16.7. The molecule has 29 heavy (non-hydrogen) atoms. The molecule has 0 fully saturated rings. The number of aromatic nitrogens is 1. The molecule has 0 radical (unpaired) electrons. The number of aromatic amines is 1. The Balaban J connectivity index is 2.48. The molecule has 0 spiro atoms. The lowest BCUT2D eigenvalue weighted by molar-refractivity contribution is -0.144. The van der Waals surface area contributed by atoms with E-state index in [2.05, 4.69) is 15.0 Å². The number of nitrogens with one attached hydrogen (secondary N) is 2. The van der Waals surface area contributed by atoms with Crippen molar-refractivity contribution in [2.75, 3.05) is 14.2 Å². The minimum atomic E-state index is -4.70. The number of fused-ring (bicyclic) bond motifs is 1. The summed E-state index contributed by atoms with van der Waals surface area (Å²) in [6.07, 6.45) is -6.11. The summed E-state index contributed by atoms with van der Waals surface area (Å²) in [5, 5.41) is 2.51. The number of ether oxygens (including phenoxy) is 3. The quantitative estimate of drug-likeness (QED) is 0.724. The van der Waals surface area contributed by atoms with Gasteiger partial charge in [0.2, 0.25) is 0 Å². The first-order valence-electron chi connectivity index (χ1n) is 8.69. The summed E-state index contributed by atoms with van der Waals surface area (Å²) in [5.41, 5.74) is -1.84. The molecular weight excluding hydrogens is 393 g/mol. The molecule has 1 aromatic heterocycles. The summed E-state index contributed by atoms with van der Waals surface area (Å²) in [6, 6.07) is 3.00. The number of alkyl carbamates (subject to hydrolysis) is 1. The molecule has 2 rings (SSSR count). The molecule has 0 saturated carbocycles. The minimum Gasteiger partial charge on any atom is -0.497 e. The zero-order chi connectivity index (χ0) is 22.0. The third-order valence-electron chi connectivity index (χ3n) is 3.98. The molecule has 0 saturated heterocycles. The van der Waals surface area contributed by atoms with Gasteiger partial charge in [0.05, 0.1) is 14.2 Å². The Kier molecular flexibility index (Phi) is 6.34. The van der Waals surface area contributed by atoms with Gasteiger partial charge in [0.25, 0.3) is 0 Å². The lowest BCUT2D eigenvalue weighted by atomic mass is 10.0. The number of hydrogen-bond acceptors (Lipinski definition) is 5. The van der Waals surface area contributed by atoms with Crippen LogP contribution in [0.25, 0.3) is 10.9 Å². The normalized spacial score (nSPS) is 13.1. The smallest absolute Gasteiger partial charge is 0.431 e. The van der Waals surface area contributed by atoms with Crippen LogP contribution < -0.4 is 10.1 Å². The van der Waals surface area contributed by atoms with E-state index in [1.165, 1.54) is 25.3 Å². The summed E-state index contributed by atoms with van der Waals surface area (Å²) >= 11 is 0. The number of H-pyrrole nitrogens is 1. The maximum atomic E-state index is 13.6. The highest BCUT2D eigenvalue weighted by atomic mass is 19.4. The summed E-state index contributed by atoms with van der Waals surface area (Å²) in [5.74, 6) is -0.553. The van der Waals surface area contributed by atoms with Crippen LogP contribution in [0.4, 0.5) is 18.0 Å². The van der Waals surface area contributed by atoms with Crippen molar-refractivity contribution in [3.8, 4) is 5.75 Å². The van der Waals surface area contributed by atoms with Gasteiger partial charge in [-0.15, -0.1) is 0 Å². The molecule has 0 aliphatic rings. The summed E-state index contributed by atoms with van der Waals surface area (Å²) in [4.78, 5) is 26.6. The van der Waals surface area contributed by atoms with Gasteiger partial charge in [-0.05, 0) is 44.5 Å². The van der Waals surface area contributed by atoms with E-state index in [0.29, 0.717) is 5.75 Å². The molecule has 1 atom stereocenters. The summed E-state index contributed by atoms with van der Waals surface area (Å²) in [7, 11) is 2.47. The van der Waals surface area contributed by atoms with Crippen LogP contribution in [-0.2, 0) is 26.9 Å². The number of hydrogen-bond donors (Lipinski definition) is 2. The van der Waals surface area contributed by atoms with E-state index in [9.17, 15) is 22.8 Å². The summed E-state index contributed by atoms with van der Waals surface area (Å²) < 4.78 is 55.6. The van der Waals surface area contributed by atoms with Gasteiger partial charge in [0, 0.05) is 17.3 Å². The number of halogens is 3. The fraction of sp³-hybridized carbons (Fsp3) is 0.474. The first-order chi connectivity index (χ1) is 13.4. The molecule has 2 aromatic rings. The Morgan fingerprint density at radius 1 is 1.17 bits per heavy atom. The molecule has 0 aliphatic carbocycles. The topological polar surface area (TPSA) is 89.7 Å². The highest BCUT2D eigenvalue weighted by molar-refractivity contribution is 5.88. The maximum absolute atomic E-state index is 13.6. The highest BCUT2D eigenvalue weighted by Gasteiger charge is 2.38.